The Morgan fingerprint density at radius 2 is 1.76 bits per heavy atom. The van der Waals surface area contributed by atoms with Crippen LogP contribution < -0.4 is 0 Å². The minimum absolute atomic E-state index is 0.646. The van der Waals surface area contributed by atoms with E-state index < -0.39 is 8.32 Å². The summed E-state index contributed by atoms with van der Waals surface area (Å²) >= 11 is 0. The van der Waals surface area contributed by atoms with Crippen LogP contribution in [0.25, 0.3) is 0 Å². The van der Waals surface area contributed by atoms with Crippen molar-refractivity contribution in [1.82, 2.24) is 0 Å². The second-order valence-electron chi connectivity index (χ2n) is 6.04. The first-order chi connectivity index (χ1) is 7.89. The second-order valence-corrected chi connectivity index (χ2v) is 10.5. The molecule has 1 atom stereocenters. The van der Waals surface area contributed by atoms with Gasteiger partial charge in [0.2, 0.25) is 8.32 Å². The van der Waals surface area contributed by atoms with E-state index in [1.54, 1.807) is 0 Å². The number of unbranched alkanes of at least 4 members (excludes halogenated alkanes) is 3. The summed E-state index contributed by atoms with van der Waals surface area (Å²) in [7, 11) is -1.44. The zero-order valence-corrected chi connectivity index (χ0v) is 13.8. The van der Waals surface area contributed by atoms with Gasteiger partial charge in [0, 0.05) is 6.42 Å². The number of rotatable bonds is 9. The van der Waals surface area contributed by atoms with E-state index in [4.69, 9.17) is 4.43 Å². The normalized spacial score (nSPS) is 14.8. The Balaban J connectivity index is 4.26. The van der Waals surface area contributed by atoms with Crippen LogP contribution in [0.15, 0.2) is 11.8 Å². The standard InChI is InChI=1S/C15H32OSi/c1-7-9-10-11-12-15(13-14(3)8-2)16-17(4,5)6/h13-14H,7-12H2,1-6H3/b15-13+. The Hall–Kier alpha value is -0.243. The van der Waals surface area contributed by atoms with E-state index in [1.807, 2.05) is 0 Å². The molecule has 0 saturated carbocycles. The van der Waals surface area contributed by atoms with Crippen LogP contribution in [0.1, 0.15) is 59.3 Å². The van der Waals surface area contributed by atoms with Gasteiger partial charge in [0.05, 0.1) is 5.76 Å². The molecular weight excluding hydrogens is 224 g/mol. The van der Waals surface area contributed by atoms with Crippen LogP contribution in [0.4, 0.5) is 0 Å². The summed E-state index contributed by atoms with van der Waals surface area (Å²) in [6, 6.07) is 0. The molecule has 2 heteroatoms. The number of hydrogen-bond donors (Lipinski definition) is 0. The minimum Gasteiger partial charge on any atom is -0.548 e. The summed E-state index contributed by atoms with van der Waals surface area (Å²) in [5, 5.41) is 0. The molecule has 1 nitrogen and oxygen atoms in total. The summed E-state index contributed by atoms with van der Waals surface area (Å²) in [5.41, 5.74) is 0. The molecule has 0 fully saturated rings. The van der Waals surface area contributed by atoms with Crippen molar-refractivity contribution < 1.29 is 4.43 Å². The molecule has 0 aliphatic carbocycles. The zero-order valence-electron chi connectivity index (χ0n) is 12.8. The van der Waals surface area contributed by atoms with Crippen LogP contribution in [0, 0.1) is 5.92 Å². The van der Waals surface area contributed by atoms with Crippen LogP contribution >= 0.6 is 0 Å². The van der Waals surface area contributed by atoms with Gasteiger partial charge < -0.3 is 4.43 Å². The summed E-state index contributed by atoms with van der Waals surface area (Å²) in [5.74, 6) is 1.90. The maximum absolute atomic E-state index is 6.19. The van der Waals surface area contributed by atoms with Crippen molar-refractivity contribution >= 4 is 8.32 Å². The van der Waals surface area contributed by atoms with E-state index >= 15 is 0 Å². The molecule has 0 bridgehead atoms. The molecule has 0 aliphatic rings. The van der Waals surface area contributed by atoms with Gasteiger partial charge in [0.1, 0.15) is 0 Å². The topological polar surface area (TPSA) is 9.23 Å². The van der Waals surface area contributed by atoms with Gasteiger partial charge >= 0.3 is 0 Å². The van der Waals surface area contributed by atoms with Crippen LogP contribution in [0.3, 0.4) is 0 Å². The molecule has 0 saturated heterocycles. The highest BCUT2D eigenvalue weighted by Gasteiger charge is 2.17. The van der Waals surface area contributed by atoms with Crippen molar-refractivity contribution in [3.8, 4) is 0 Å². The lowest BCUT2D eigenvalue weighted by molar-refractivity contribution is 0.384. The molecule has 0 aromatic heterocycles. The predicted molar refractivity (Wildman–Crippen MR) is 80.7 cm³/mol. The fourth-order valence-corrected chi connectivity index (χ4v) is 2.68. The van der Waals surface area contributed by atoms with Gasteiger partial charge in [-0.2, -0.15) is 0 Å². The molecule has 1 unspecified atom stereocenters. The van der Waals surface area contributed by atoms with Crippen molar-refractivity contribution in [3.63, 3.8) is 0 Å². The second kappa shape index (κ2) is 8.79. The SMILES string of the molecule is CCCCCC/C(=C\C(C)CC)O[Si](C)(C)C. The summed E-state index contributed by atoms with van der Waals surface area (Å²) in [6.07, 6.45) is 9.96. The largest absolute Gasteiger partial charge is 0.548 e. The van der Waals surface area contributed by atoms with Crippen LogP contribution in [-0.2, 0) is 4.43 Å². The maximum Gasteiger partial charge on any atom is 0.241 e. The Morgan fingerprint density at radius 1 is 1.12 bits per heavy atom. The summed E-state index contributed by atoms with van der Waals surface area (Å²) in [4.78, 5) is 0. The minimum atomic E-state index is -1.44. The molecule has 0 aromatic rings. The van der Waals surface area contributed by atoms with Crippen molar-refractivity contribution in [2.75, 3.05) is 0 Å². The van der Waals surface area contributed by atoms with Crippen LogP contribution in [0.2, 0.25) is 19.6 Å². The van der Waals surface area contributed by atoms with Gasteiger partial charge in [-0.1, -0.05) is 40.0 Å². The van der Waals surface area contributed by atoms with Crippen LogP contribution in [-0.4, -0.2) is 8.32 Å². The van der Waals surface area contributed by atoms with Crippen molar-refractivity contribution in [3.05, 3.63) is 11.8 Å². The predicted octanol–water partition coefficient (Wildman–Crippen LogP) is 5.74. The summed E-state index contributed by atoms with van der Waals surface area (Å²) in [6.45, 7) is 13.6. The molecule has 17 heavy (non-hydrogen) atoms. The number of hydrogen-bond acceptors (Lipinski definition) is 1. The monoisotopic (exact) mass is 256 g/mol. The Bertz CT molecular complexity index is 215. The van der Waals surface area contributed by atoms with Gasteiger partial charge in [0.15, 0.2) is 0 Å². The molecule has 0 heterocycles. The highest BCUT2D eigenvalue weighted by molar-refractivity contribution is 6.70. The molecular formula is C15H32OSi. The Morgan fingerprint density at radius 3 is 2.24 bits per heavy atom. The molecule has 0 rings (SSSR count). The maximum atomic E-state index is 6.19. The van der Waals surface area contributed by atoms with Gasteiger partial charge in [-0.15, -0.1) is 0 Å². The molecule has 102 valence electrons. The van der Waals surface area contributed by atoms with E-state index in [1.165, 1.54) is 37.9 Å². The average Bonchev–Trinajstić information content (AvgIpc) is 2.21. The van der Waals surface area contributed by atoms with E-state index in [0.717, 1.165) is 6.42 Å². The first-order valence-electron chi connectivity index (χ1n) is 7.28. The third kappa shape index (κ3) is 10.6. The third-order valence-electron chi connectivity index (χ3n) is 2.83. The van der Waals surface area contributed by atoms with Gasteiger partial charge in [-0.25, -0.2) is 0 Å². The Labute approximate surface area is 110 Å². The zero-order chi connectivity index (χ0) is 13.3. The first kappa shape index (κ1) is 16.8. The van der Waals surface area contributed by atoms with Gasteiger partial charge in [-0.3, -0.25) is 0 Å². The highest BCUT2D eigenvalue weighted by Crippen LogP contribution is 2.20. The fourth-order valence-electron chi connectivity index (χ4n) is 1.72. The molecule has 0 aliphatic heterocycles. The number of allylic oxidation sites excluding steroid dienone is 2. The molecule has 0 radical (unpaired) electrons. The lowest BCUT2D eigenvalue weighted by Crippen LogP contribution is -2.25. The quantitative estimate of drug-likeness (QED) is 0.290. The molecule has 0 spiro atoms. The van der Waals surface area contributed by atoms with Crippen LogP contribution in [0.5, 0.6) is 0 Å². The van der Waals surface area contributed by atoms with E-state index in [-0.39, 0.29) is 0 Å². The van der Waals surface area contributed by atoms with Gasteiger partial charge in [0.25, 0.3) is 0 Å². The molecule has 0 amide bonds. The third-order valence-corrected chi connectivity index (χ3v) is 3.70. The van der Waals surface area contributed by atoms with Gasteiger partial charge in [-0.05, 0) is 44.5 Å². The van der Waals surface area contributed by atoms with Crippen molar-refractivity contribution in [2.24, 2.45) is 5.92 Å². The van der Waals surface area contributed by atoms with Crippen molar-refractivity contribution in [2.45, 2.75) is 78.9 Å². The van der Waals surface area contributed by atoms with E-state index in [9.17, 15) is 0 Å². The highest BCUT2D eigenvalue weighted by atomic mass is 28.4. The lowest BCUT2D eigenvalue weighted by atomic mass is 10.1. The fraction of sp³-hybridized carbons (Fsp3) is 0.867. The lowest BCUT2D eigenvalue weighted by Gasteiger charge is -2.23. The first-order valence-corrected chi connectivity index (χ1v) is 10.7. The molecule has 0 aromatic carbocycles. The van der Waals surface area contributed by atoms with E-state index in [0.29, 0.717) is 5.92 Å². The smallest absolute Gasteiger partial charge is 0.241 e. The van der Waals surface area contributed by atoms with Crippen molar-refractivity contribution in [1.29, 1.82) is 0 Å². The summed E-state index contributed by atoms with van der Waals surface area (Å²) < 4.78 is 6.19. The van der Waals surface area contributed by atoms with E-state index in [2.05, 4.69) is 46.5 Å². The molecule has 0 N–H and O–H groups in total. The average molecular weight is 257 g/mol. The Kier molecular flexibility index (Phi) is 8.66.